The van der Waals surface area contributed by atoms with E-state index >= 15 is 0 Å². The van der Waals surface area contributed by atoms with Gasteiger partial charge in [-0.05, 0) is 24.0 Å². The molecule has 1 unspecified atom stereocenters. The van der Waals surface area contributed by atoms with Gasteiger partial charge in [0.25, 0.3) is 0 Å². The molecule has 5 nitrogen and oxygen atoms in total. The highest BCUT2D eigenvalue weighted by Gasteiger charge is 2.15. The predicted molar refractivity (Wildman–Crippen MR) is 81.4 cm³/mol. The van der Waals surface area contributed by atoms with Gasteiger partial charge >= 0.3 is 5.97 Å². The summed E-state index contributed by atoms with van der Waals surface area (Å²) in [6, 6.07) is 6.74. The Hall–Kier alpha value is -2.04. The summed E-state index contributed by atoms with van der Waals surface area (Å²) in [4.78, 5) is 22.5. The number of carbonyl (C=O) groups excluding carboxylic acids is 1. The highest BCUT2D eigenvalue weighted by atomic mass is 16.5. The molecule has 0 bridgehead atoms. The van der Waals surface area contributed by atoms with Gasteiger partial charge in [0.15, 0.2) is 6.61 Å². The SMILES string of the molecule is CCC(CC(=O)Nc1cccc(OCC(=O)O)c1)C(C)C. The zero-order chi connectivity index (χ0) is 15.8. The third-order valence-electron chi connectivity index (χ3n) is 3.39. The van der Waals surface area contributed by atoms with Crippen molar-refractivity contribution >= 4 is 17.6 Å². The first-order chi connectivity index (χ1) is 9.92. The Morgan fingerprint density at radius 2 is 2.05 bits per heavy atom. The van der Waals surface area contributed by atoms with Crippen LogP contribution in [0.1, 0.15) is 33.6 Å². The molecule has 0 fully saturated rings. The van der Waals surface area contributed by atoms with E-state index in [4.69, 9.17) is 9.84 Å². The Bertz CT molecular complexity index is 485. The van der Waals surface area contributed by atoms with Gasteiger partial charge in [0.05, 0.1) is 0 Å². The minimum Gasteiger partial charge on any atom is -0.482 e. The van der Waals surface area contributed by atoms with Crippen molar-refractivity contribution < 1.29 is 19.4 Å². The fraction of sp³-hybridized carbons (Fsp3) is 0.500. The molecular formula is C16H23NO4. The molecule has 0 aliphatic heterocycles. The van der Waals surface area contributed by atoms with Gasteiger partial charge in [-0.2, -0.15) is 0 Å². The molecule has 0 heterocycles. The summed E-state index contributed by atoms with van der Waals surface area (Å²) in [6.07, 6.45) is 1.45. The van der Waals surface area contributed by atoms with Gasteiger partial charge in [-0.15, -0.1) is 0 Å². The maximum atomic E-state index is 12.0. The number of amides is 1. The first-order valence-corrected chi connectivity index (χ1v) is 7.16. The van der Waals surface area contributed by atoms with Crippen LogP contribution in [-0.4, -0.2) is 23.6 Å². The van der Waals surface area contributed by atoms with Crippen molar-refractivity contribution in [1.82, 2.24) is 0 Å². The summed E-state index contributed by atoms with van der Waals surface area (Å²) in [5.41, 5.74) is 0.612. The lowest BCUT2D eigenvalue weighted by Gasteiger charge is -2.18. The van der Waals surface area contributed by atoms with E-state index in [0.717, 1.165) is 6.42 Å². The molecule has 0 saturated heterocycles. The number of ether oxygens (including phenoxy) is 1. The van der Waals surface area contributed by atoms with Gasteiger partial charge in [-0.1, -0.05) is 33.3 Å². The number of aliphatic carboxylic acids is 1. The first kappa shape index (κ1) is 17.0. The van der Waals surface area contributed by atoms with Crippen LogP contribution in [0.4, 0.5) is 5.69 Å². The Morgan fingerprint density at radius 1 is 1.33 bits per heavy atom. The van der Waals surface area contributed by atoms with Crippen molar-refractivity contribution in [2.24, 2.45) is 11.8 Å². The lowest BCUT2D eigenvalue weighted by Crippen LogP contribution is -2.19. The number of rotatable bonds is 8. The van der Waals surface area contributed by atoms with Gasteiger partial charge in [0.2, 0.25) is 5.91 Å². The van der Waals surface area contributed by atoms with E-state index in [-0.39, 0.29) is 5.91 Å². The average Bonchev–Trinajstić information content (AvgIpc) is 2.42. The summed E-state index contributed by atoms with van der Waals surface area (Å²) in [6.45, 7) is 5.91. The molecule has 0 saturated carbocycles. The highest BCUT2D eigenvalue weighted by Crippen LogP contribution is 2.21. The Labute approximate surface area is 125 Å². The van der Waals surface area contributed by atoms with Crippen molar-refractivity contribution in [3.63, 3.8) is 0 Å². The quantitative estimate of drug-likeness (QED) is 0.772. The molecule has 0 spiro atoms. The maximum Gasteiger partial charge on any atom is 0.341 e. The van der Waals surface area contributed by atoms with Crippen molar-refractivity contribution in [2.45, 2.75) is 33.6 Å². The number of benzene rings is 1. The number of carboxylic acid groups (broad SMARTS) is 1. The zero-order valence-electron chi connectivity index (χ0n) is 12.8. The van der Waals surface area contributed by atoms with Crippen LogP contribution in [0, 0.1) is 11.8 Å². The smallest absolute Gasteiger partial charge is 0.341 e. The summed E-state index contributed by atoms with van der Waals surface area (Å²) in [5, 5.41) is 11.4. The average molecular weight is 293 g/mol. The van der Waals surface area contributed by atoms with Gasteiger partial charge in [-0.3, -0.25) is 4.79 Å². The number of hydrogen-bond donors (Lipinski definition) is 2. The molecule has 0 aromatic heterocycles. The van der Waals surface area contributed by atoms with Crippen LogP contribution < -0.4 is 10.1 Å². The number of carbonyl (C=O) groups is 2. The molecule has 0 radical (unpaired) electrons. The maximum absolute atomic E-state index is 12.0. The van der Waals surface area contributed by atoms with Crippen LogP contribution in [0.15, 0.2) is 24.3 Å². The second kappa shape index (κ2) is 8.29. The van der Waals surface area contributed by atoms with E-state index in [2.05, 4.69) is 26.1 Å². The molecule has 1 atom stereocenters. The standard InChI is InChI=1S/C16H23NO4/c1-4-12(11(2)3)8-15(18)17-13-6-5-7-14(9-13)21-10-16(19)20/h5-7,9,11-12H,4,8,10H2,1-3H3,(H,17,18)(H,19,20). The van der Waals surface area contributed by atoms with Crippen LogP contribution >= 0.6 is 0 Å². The van der Waals surface area contributed by atoms with E-state index in [0.29, 0.717) is 29.7 Å². The van der Waals surface area contributed by atoms with Gasteiger partial charge in [0, 0.05) is 18.2 Å². The summed E-state index contributed by atoms with van der Waals surface area (Å²) >= 11 is 0. The van der Waals surface area contributed by atoms with Gasteiger partial charge in [0.1, 0.15) is 5.75 Å². The number of anilines is 1. The van der Waals surface area contributed by atoms with Crippen LogP contribution in [0.5, 0.6) is 5.75 Å². The fourth-order valence-corrected chi connectivity index (χ4v) is 2.11. The second-order valence-electron chi connectivity index (χ2n) is 5.37. The Kier molecular flexibility index (Phi) is 6.72. The minimum absolute atomic E-state index is 0.0362. The van der Waals surface area contributed by atoms with Gasteiger partial charge in [-0.25, -0.2) is 4.79 Å². The van der Waals surface area contributed by atoms with Crippen molar-refractivity contribution in [3.05, 3.63) is 24.3 Å². The number of carboxylic acids is 1. The summed E-state index contributed by atoms with van der Waals surface area (Å²) < 4.78 is 5.08. The van der Waals surface area contributed by atoms with E-state index in [1.165, 1.54) is 0 Å². The van der Waals surface area contributed by atoms with Crippen molar-refractivity contribution in [2.75, 3.05) is 11.9 Å². The molecule has 0 aliphatic carbocycles. The molecule has 0 aliphatic rings. The normalized spacial score (nSPS) is 12.0. The Balaban J connectivity index is 2.59. The Morgan fingerprint density at radius 3 is 2.62 bits per heavy atom. The van der Waals surface area contributed by atoms with Gasteiger partial charge < -0.3 is 15.2 Å². The number of nitrogens with one attached hydrogen (secondary N) is 1. The first-order valence-electron chi connectivity index (χ1n) is 7.16. The van der Waals surface area contributed by atoms with Crippen LogP contribution in [0.2, 0.25) is 0 Å². The monoisotopic (exact) mass is 293 g/mol. The summed E-state index contributed by atoms with van der Waals surface area (Å²) in [7, 11) is 0. The molecule has 2 N–H and O–H groups in total. The van der Waals surface area contributed by atoms with E-state index in [9.17, 15) is 9.59 Å². The molecule has 21 heavy (non-hydrogen) atoms. The molecule has 1 aromatic carbocycles. The molecule has 1 amide bonds. The third kappa shape index (κ3) is 6.29. The minimum atomic E-state index is -1.04. The van der Waals surface area contributed by atoms with E-state index < -0.39 is 12.6 Å². The van der Waals surface area contributed by atoms with E-state index in [1.54, 1.807) is 24.3 Å². The summed E-state index contributed by atoms with van der Waals surface area (Å²) in [5.74, 6) is 0.173. The second-order valence-corrected chi connectivity index (χ2v) is 5.37. The lowest BCUT2D eigenvalue weighted by molar-refractivity contribution is -0.139. The lowest BCUT2D eigenvalue weighted by atomic mass is 9.90. The van der Waals surface area contributed by atoms with Crippen molar-refractivity contribution in [3.8, 4) is 5.75 Å². The van der Waals surface area contributed by atoms with Crippen LogP contribution in [-0.2, 0) is 9.59 Å². The third-order valence-corrected chi connectivity index (χ3v) is 3.39. The predicted octanol–water partition coefficient (Wildman–Crippen LogP) is 3.16. The fourth-order valence-electron chi connectivity index (χ4n) is 2.11. The molecular weight excluding hydrogens is 270 g/mol. The van der Waals surface area contributed by atoms with Crippen LogP contribution in [0.3, 0.4) is 0 Å². The van der Waals surface area contributed by atoms with Crippen molar-refractivity contribution in [1.29, 1.82) is 0 Å². The number of hydrogen-bond acceptors (Lipinski definition) is 3. The molecule has 5 heteroatoms. The molecule has 1 rings (SSSR count). The largest absolute Gasteiger partial charge is 0.482 e. The topological polar surface area (TPSA) is 75.6 Å². The molecule has 1 aromatic rings. The van der Waals surface area contributed by atoms with Crippen LogP contribution in [0.25, 0.3) is 0 Å². The molecule has 116 valence electrons. The van der Waals surface area contributed by atoms with E-state index in [1.807, 2.05) is 0 Å². The zero-order valence-corrected chi connectivity index (χ0v) is 12.8. The highest BCUT2D eigenvalue weighted by molar-refractivity contribution is 5.91.